The molecule has 4 heterocycles. The molecular formula is C45H48F3N5O6. The van der Waals surface area contributed by atoms with Crippen LogP contribution < -0.4 is 15.5 Å². The van der Waals surface area contributed by atoms with E-state index < -0.39 is 35.9 Å². The van der Waals surface area contributed by atoms with Crippen molar-refractivity contribution in [3.05, 3.63) is 125 Å². The number of benzene rings is 4. The number of alkyl halides is 3. The van der Waals surface area contributed by atoms with Gasteiger partial charge in [0, 0.05) is 50.4 Å². The summed E-state index contributed by atoms with van der Waals surface area (Å²) in [7, 11) is 0. The Morgan fingerprint density at radius 3 is 2.31 bits per heavy atom. The number of rotatable bonds is 10. The second-order valence-corrected chi connectivity index (χ2v) is 15.8. The number of likely N-dealkylation sites (tertiary alicyclic amines) is 2. The number of nitrogens with zero attached hydrogens (tertiary/aromatic N) is 3. The maximum Gasteiger partial charge on any atom is 0.471 e. The van der Waals surface area contributed by atoms with Crippen molar-refractivity contribution in [1.29, 1.82) is 0 Å². The van der Waals surface area contributed by atoms with E-state index in [0.29, 0.717) is 43.8 Å². The number of nitrogens with one attached hydrogen (secondary N) is 2. The second-order valence-electron chi connectivity index (χ2n) is 15.8. The Labute approximate surface area is 341 Å². The van der Waals surface area contributed by atoms with Crippen LogP contribution in [0, 0.1) is 0 Å². The minimum atomic E-state index is -5.04. The summed E-state index contributed by atoms with van der Waals surface area (Å²) in [5.41, 5.74) is 5.53. The maximum atomic E-state index is 13.3. The van der Waals surface area contributed by atoms with Crippen molar-refractivity contribution in [2.45, 2.75) is 81.5 Å². The first-order valence-electron chi connectivity index (χ1n) is 20.2. The summed E-state index contributed by atoms with van der Waals surface area (Å²) in [6.45, 7) is 2.52. The zero-order valence-corrected chi connectivity index (χ0v) is 32.6. The molecule has 4 fully saturated rings. The molecule has 4 atom stereocenters. The molecule has 4 aromatic rings. The van der Waals surface area contributed by atoms with Crippen molar-refractivity contribution in [2.24, 2.45) is 0 Å². The molecule has 4 aliphatic rings. The third-order valence-corrected chi connectivity index (χ3v) is 12.1. The number of amides is 3. The number of aliphatic hydroxyl groups is 1. The predicted molar refractivity (Wildman–Crippen MR) is 213 cm³/mol. The first kappa shape index (κ1) is 40.5. The van der Waals surface area contributed by atoms with E-state index in [1.807, 2.05) is 103 Å². The monoisotopic (exact) mass is 811 g/mol. The van der Waals surface area contributed by atoms with Gasteiger partial charge in [0.05, 0.1) is 25.5 Å². The van der Waals surface area contributed by atoms with E-state index in [0.717, 1.165) is 52.2 Å². The molecule has 1 spiro atoms. The number of hydrogen-bond donors (Lipinski definition) is 3. The number of aliphatic hydroxyl groups excluding tert-OH is 1. The zero-order chi connectivity index (χ0) is 41.1. The molecule has 3 amide bonds. The minimum Gasteiger partial charge on any atom is -0.392 e. The van der Waals surface area contributed by atoms with E-state index in [-0.39, 0.29) is 44.2 Å². The van der Waals surface area contributed by atoms with Crippen LogP contribution in [-0.2, 0) is 37.0 Å². The molecule has 0 radical (unpaired) electrons. The van der Waals surface area contributed by atoms with Gasteiger partial charge in [0.1, 0.15) is 11.6 Å². The fourth-order valence-electron chi connectivity index (χ4n) is 8.94. The molecule has 310 valence electrons. The van der Waals surface area contributed by atoms with Gasteiger partial charge in [-0.15, -0.1) is 0 Å². The number of carbonyl (C=O) groups is 3. The number of para-hydroxylation sites is 1. The average molecular weight is 812 g/mol. The molecule has 59 heavy (non-hydrogen) atoms. The predicted octanol–water partition coefficient (Wildman–Crippen LogP) is 5.99. The number of carbonyl (C=O) groups excluding carboxylic acids is 3. The third-order valence-electron chi connectivity index (χ3n) is 12.1. The van der Waals surface area contributed by atoms with Gasteiger partial charge in [-0.25, -0.2) is 0 Å². The number of halogens is 3. The summed E-state index contributed by atoms with van der Waals surface area (Å²) in [4.78, 5) is 43.4. The second kappa shape index (κ2) is 17.1. The van der Waals surface area contributed by atoms with Gasteiger partial charge in [0.15, 0.2) is 6.29 Å². The first-order chi connectivity index (χ1) is 28.5. The van der Waals surface area contributed by atoms with Gasteiger partial charge < -0.3 is 39.9 Å². The normalized spacial score (nSPS) is 23.4. The molecule has 4 aromatic carbocycles. The Kier molecular flexibility index (Phi) is 11.8. The molecule has 0 aromatic heterocycles. The van der Waals surface area contributed by atoms with Crippen molar-refractivity contribution >= 4 is 23.4 Å². The molecule has 14 heteroatoms. The average Bonchev–Trinajstić information content (AvgIpc) is 3.88. The van der Waals surface area contributed by atoms with Crippen molar-refractivity contribution in [3.8, 4) is 11.1 Å². The van der Waals surface area contributed by atoms with E-state index >= 15 is 0 Å². The van der Waals surface area contributed by atoms with E-state index in [4.69, 9.17) is 9.47 Å². The molecule has 4 aliphatic heterocycles. The number of hydrogen-bond acceptors (Lipinski definition) is 8. The highest BCUT2D eigenvalue weighted by molar-refractivity contribution is 5.93. The van der Waals surface area contributed by atoms with Crippen LogP contribution in [0.5, 0.6) is 0 Å². The largest absolute Gasteiger partial charge is 0.471 e. The molecule has 0 saturated carbocycles. The summed E-state index contributed by atoms with van der Waals surface area (Å²) in [5, 5.41) is 15.5. The van der Waals surface area contributed by atoms with Gasteiger partial charge in [0.2, 0.25) is 11.8 Å². The van der Waals surface area contributed by atoms with Gasteiger partial charge >= 0.3 is 12.1 Å². The standard InChI is InChI=1S/C45H48F3N5O6/c46-45(47,48)43(57)52-20-6-13-38(52)40(55)49-26-31-7-4-8-33(23-31)34-9-5-10-35(24-34)41-58-37(25-39(59-41)32-16-14-30(28-54)15-17-32)27-51-21-18-44(19-22-51)42(56)50-29-53(44)36-11-2-1-3-12-36/h1-5,7-12,14-17,23-24,37-39,41,54H,6,13,18-22,25-29H2,(H,49,55)(H,50,56). The number of anilines is 1. The molecule has 0 bridgehead atoms. The van der Waals surface area contributed by atoms with Crippen LogP contribution >= 0.6 is 0 Å². The van der Waals surface area contributed by atoms with Crippen LogP contribution in [0.25, 0.3) is 11.1 Å². The summed E-state index contributed by atoms with van der Waals surface area (Å²) in [5.74, 6) is -2.53. The van der Waals surface area contributed by atoms with Gasteiger partial charge in [-0.3, -0.25) is 14.4 Å². The molecular weight excluding hydrogens is 764 g/mol. The van der Waals surface area contributed by atoms with E-state index in [2.05, 4.69) is 20.4 Å². The quantitative estimate of drug-likeness (QED) is 0.179. The van der Waals surface area contributed by atoms with Gasteiger partial charge in [-0.1, -0.05) is 78.9 Å². The Balaban J connectivity index is 0.961. The van der Waals surface area contributed by atoms with Crippen molar-refractivity contribution in [2.75, 3.05) is 37.7 Å². The molecule has 4 saturated heterocycles. The molecule has 0 aliphatic carbocycles. The summed E-state index contributed by atoms with van der Waals surface area (Å²) < 4.78 is 52.8. The number of ether oxygens (including phenoxy) is 2. The van der Waals surface area contributed by atoms with E-state index in [9.17, 15) is 32.7 Å². The van der Waals surface area contributed by atoms with Crippen LogP contribution in [0.3, 0.4) is 0 Å². The van der Waals surface area contributed by atoms with Crippen molar-refractivity contribution in [3.63, 3.8) is 0 Å². The third kappa shape index (κ3) is 8.72. The minimum absolute atomic E-state index is 0.0568. The fraction of sp³-hybridized carbons (Fsp3) is 0.400. The lowest BCUT2D eigenvalue weighted by molar-refractivity contribution is -0.253. The number of piperidine rings is 1. The summed E-state index contributed by atoms with van der Waals surface area (Å²) in [6.07, 6.45) is -3.72. The van der Waals surface area contributed by atoms with Gasteiger partial charge in [0.25, 0.3) is 0 Å². The smallest absolute Gasteiger partial charge is 0.392 e. The first-order valence-corrected chi connectivity index (χ1v) is 20.2. The van der Waals surface area contributed by atoms with Crippen molar-refractivity contribution < 1.29 is 42.1 Å². The SMILES string of the molecule is O=C(NCc1cccc(-c2cccc(C3OC(CN4CCC5(CC4)C(=O)NCN5c4ccccc4)CC(c4ccc(CO)cc4)O3)c2)c1)C1CCCN1C(=O)C(F)(F)F. The summed E-state index contributed by atoms with van der Waals surface area (Å²) >= 11 is 0. The Bertz CT molecular complexity index is 2130. The molecule has 11 nitrogen and oxygen atoms in total. The topological polar surface area (TPSA) is 124 Å². The highest BCUT2D eigenvalue weighted by Crippen LogP contribution is 2.41. The Morgan fingerprint density at radius 1 is 0.847 bits per heavy atom. The van der Waals surface area contributed by atoms with Gasteiger partial charge in [-0.2, -0.15) is 13.2 Å². The van der Waals surface area contributed by atoms with E-state index in [1.165, 1.54) is 0 Å². The van der Waals surface area contributed by atoms with Crippen LogP contribution in [0.4, 0.5) is 18.9 Å². The maximum absolute atomic E-state index is 13.3. The lowest BCUT2D eigenvalue weighted by Gasteiger charge is -2.45. The molecule has 4 unspecified atom stereocenters. The van der Waals surface area contributed by atoms with Crippen LogP contribution in [0.1, 0.15) is 66.8 Å². The van der Waals surface area contributed by atoms with Gasteiger partial charge in [-0.05, 0) is 77.8 Å². The summed E-state index contributed by atoms with van der Waals surface area (Å²) in [6, 6.07) is 32.1. The zero-order valence-electron chi connectivity index (χ0n) is 32.6. The molecule has 8 rings (SSSR count). The fourth-order valence-corrected chi connectivity index (χ4v) is 8.94. The molecule has 3 N–H and O–H groups in total. The lowest BCUT2D eigenvalue weighted by Crippen LogP contribution is -2.57. The highest BCUT2D eigenvalue weighted by atomic mass is 19.4. The van der Waals surface area contributed by atoms with Crippen molar-refractivity contribution in [1.82, 2.24) is 20.4 Å². The van der Waals surface area contributed by atoms with E-state index in [1.54, 1.807) is 0 Å². The highest BCUT2D eigenvalue weighted by Gasteiger charge is 2.51. The Morgan fingerprint density at radius 2 is 1.58 bits per heavy atom. The van der Waals surface area contributed by atoms with Crippen LogP contribution in [0.15, 0.2) is 103 Å². The van der Waals surface area contributed by atoms with Crippen LogP contribution in [-0.4, -0.2) is 89.3 Å². The lowest BCUT2D eigenvalue weighted by atomic mass is 9.85. The Hall–Kier alpha value is -5.28. The van der Waals surface area contributed by atoms with Crippen LogP contribution in [0.2, 0.25) is 0 Å².